The van der Waals surface area contributed by atoms with Gasteiger partial charge < -0.3 is 19.3 Å². The summed E-state index contributed by atoms with van der Waals surface area (Å²) in [5, 5.41) is 8.95. The van der Waals surface area contributed by atoms with E-state index in [1.165, 1.54) is 103 Å². The number of carbonyl (C=O) groups is 4. The number of esters is 3. The maximum atomic E-state index is 12.9. The van der Waals surface area contributed by atoms with Crippen LogP contribution in [-0.2, 0) is 33.4 Å². The molecule has 61 heavy (non-hydrogen) atoms. The molecule has 0 radical (unpaired) electrons. The zero-order valence-electron chi connectivity index (χ0n) is 40.2. The van der Waals surface area contributed by atoms with Gasteiger partial charge in [-0.2, -0.15) is 0 Å². The molecule has 2 unspecified atom stereocenters. The molecule has 8 heteroatoms. The van der Waals surface area contributed by atoms with Gasteiger partial charge in [0.2, 0.25) is 0 Å². The van der Waals surface area contributed by atoms with Crippen molar-refractivity contribution in [3.63, 3.8) is 0 Å². The number of rotatable bonds is 46. The highest BCUT2D eigenvalue weighted by molar-refractivity contribution is 5.71. The second-order valence-corrected chi connectivity index (χ2v) is 18.2. The number of hydrogen-bond acceptors (Lipinski definition) is 7. The number of ether oxygens (including phenoxy) is 3. The largest absolute Gasteiger partial charge is 0.481 e. The minimum atomic E-state index is -0.830. The monoisotopic (exact) mass is 861 g/mol. The van der Waals surface area contributed by atoms with Gasteiger partial charge in [-0.05, 0) is 76.0 Å². The van der Waals surface area contributed by atoms with Crippen molar-refractivity contribution in [2.24, 2.45) is 11.8 Å². The van der Waals surface area contributed by atoms with Gasteiger partial charge in [-0.1, -0.05) is 193 Å². The zero-order chi connectivity index (χ0) is 44.9. The number of carboxylic acids is 1. The van der Waals surface area contributed by atoms with Crippen LogP contribution in [0, 0.1) is 11.8 Å². The van der Waals surface area contributed by atoms with Gasteiger partial charge in [0, 0.05) is 25.7 Å². The quantitative estimate of drug-likeness (QED) is 0.0278. The van der Waals surface area contributed by atoms with Crippen LogP contribution in [0.25, 0.3) is 0 Å². The van der Waals surface area contributed by atoms with E-state index in [1.807, 2.05) is 13.8 Å². The van der Waals surface area contributed by atoms with E-state index in [0.29, 0.717) is 12.8 Å². The van der Waals surface area contributed by atoms with E-state index >= 15 is 0 Å². The van der Waals surface area contributed by atoms with Crippen LogP contribution in [0.5, 0.6) is 0 Å². The molecule has 356 valence electrons. The van der Waals surface area contributed by atoms with E-state index in [1.54, 1.807) is 0 Å². The first-order valence-electron chi connectivity index (χ1n) is 25.7. The van der Waals surface area contributed by atoms with E-state index in [-0.39, 0.29) is 55.8 Å². The van der Waals surface area contributed by atoms with E-state index in [2.05, 4.69) is 38.2 Å². The van der Waals surface area contributed by atoms with Crippen molar-refractivity contribution < 1.29 is 38.5 Å². The lowest BCUT2D eigenvalue weighted by Crippen LogP contribution is -2.31. The fraction of sp³-hybridized carbons (Fsp3) is 0.849. The van der Waals surface area contributed by atoms with Gasteiger partial charge in [-0.25, -0.2) is 0 Å². The predicted octanol–water partition coefficient (Wildman–Crippen LogP) is 15.5. The fourth-order valence-corrected chi connectivity index (χ4v) is 7.67. The average molecular weight is 861 g/mol. The molecule has 2 atom stereocenters. The first kappa shape index (κ1) is 58.4. The summed E-state index contributed by atoms with van der Waals surface area (Å²) in [7, 11) is 0. The molecule has 0 spiro atoms. The summed E-state index contributed by atoms with van der Waals surface area (Å²) < 4.78 is 16.8. The van der Waals surface area contributed by atoms with Gasteiger partial charge in [0.1, 0.15) is 13.2 Å². The number of hydrogen-bond donors (Lipinski definition) is 1. The third-order valence-electron chi connectivity index (χ3n) is 11.6. The molecular weight excluding hydrogens is 765 g/mol. The topological polar surface area (TPSA) is 116 Å². The molecule has 0 aliphatic rings. The highest BCUT2D eigenvalue weighted by atomic mass is 16.6. The minimum absolute atomic E-state index is 0.120. The number of carbonyl (C=O) groups excluding carboxylic acids is 3. The molecule has 0 saturated carbocycles. The fourth-order valence-electron chi connectivity index (χ4n) is 7.67. The summed E-state index contributed by atoms with van der Waals surface area (Å²) in [4.78, 5) is 49.1. The van der Waals surface area contributed by atoms with Crippen LogP contribution in [-0.4, -0.2) is 48.3 Å². The van der Waals surface area contributed by atoms with Crippen LogP contribution >= 0.6 is 0 Å². The van der Waals surface area contributed by atoms with Gasteiger partial charge >= 0.3 is 23.9 Å². The lowest BCUT2D eigenvalue weighted by molar-refractivity contribution is -0.167. The van der Waals surface area contributed by atoms with Crippen molar-refractivity contribution in [2.45, 2.75) is 265 Å². The van der Waals surface area contributed by atoms with Crippen molar-refractivity contribution >= 4 is 23.9 Å². The molecule has 1 N–H and O–H groups in total. The van der Waals surface area contributed by atoms with E-state index in [0.717, 1.165) is 103 Å². The molecule has 0 heterocycles. The molecule has 0 aromatic heterocycles. The molecule has 0 fully saturated rings. The lowest BCUT2D eigenvalue weighted by Gasteiger charge is -2.19. The molecule has 0 rings (SSSR count). The van der Waals surface area contributed by atoms with Gasteiger partial charge in [0.25, 0.3) is 0 Å². The number of carboxylic acid groups (broad SMARTS) is 1. The van der Waals surface area contributed by atoms with Crippen molar-refractivity contribution in [2.75, 3.05) is 13.2 Å². The van der Waals surface area contributed by atoms with Gasteiger partial charge in [0.15, 0.2) is 6.10 Å². The lowest BCUT2D eigenvalue weighted by atomic mass is 9.97. The molecule has 0 bridgehead atoms. The Morgan fingerprint density at radius 3 is 1.13 bits per heavy atom. The van der Waals surface area contributed by atoms with Crippen molar-refractivity contribution in [1.29, 1.82) is 0 Å². The molecule has 0 saturated heterocycles. The third kappa shape index (κ3) is 45.2. The van der Waals surface area contributed by atoms with Crippen LogP contribution in [0.4, 0.5) is 0 Å². The predicted molar refractivity (Wildman–Crippen MR) is 254 cm³/mol. The van der Waals surface area contributed by atoms with Crippen LogP contribution in [0.3, 0.4) is 0 Å². The first-order chi connectivity index (χ1) is 29.7. The van der Waals surface area contributed by atoms with Crippen LogP contribution < -0.4 is 0 Å². The third-order valence-corrected chi connectivity index (χ3v) is 11.6. The molecule has 0 aliphatic carbocycles. The molecule has 8 nitrogen and oxygen atoms in total. The highest BCUT2D eigenvalue weighted by Crippen LogP contribution is 2.19. The average Bonchev–Trinajstić information content (AvgIpc) is 3.22. The van der Waals surface area contributed by atoms with Gasteiger partial charge in [-0.15, -0.1) is 0 Å². The zero-order valence-corrected chi connectivity index (χ0v) is 40.2. The summed E-state index contributed by atoms with van der Waals surface area (Å²) in [5.41, 5.74) is 0. The maximum Gasteiger partial charge on any atom is 0.306 e. The standard InChI is InChI=1S/C53H96O8/c1-5-7-9-11-13-15-17-19-21-23-25-27-29-31-37-41-51(56)59-45-49(61-53(58)44-48(4)40-36-34-33-35-39-47(3)43-50(54)55)46-60-52(57)42-38-32-30-28-26-24-22-20-18-16-14-12-10-8-6-2/h19-22,47-49H,5-18,23-46H2,1-4H3,(H,54,55)/b21-19-,22-20-. The molecule has 0 aliphatic heterocycles. The van der Waals surface area contributed by atoms with E-state index in [4.69, 9.17) is 19.3 Å². The number of allylic oxidation sites excluding steroid dienone is 4. The Balaban J connectivity index is 4.50. The molecule has 0 aromatic rings. The van der Waals surface area contributed by atoms with Gasteiger partial charge in [-0.3, -0.25) is 19.2 Å². The summed E-state index contributed by atoms with van der Waals surface area (Å²) >= 11 is 0. The Labute approximate surface area is 375 Å². The minimum Gasteiger partial charge on any atom is -0.481 e. The SMILES string of the molecule is CCCCCCCC/C=C\CCCCCCCC(=O)OCC(COC(=O)CCCCCCC/C=C\CCCCCCCC)OC(=O)CC(C)CCCCCCC(C)CC(=O)O. The van der Waals surface area contributed by atoms with Crippen molar-refractivity contribution in [1.82, 2.24) is 0 Å². The smallest absolute Gasteiger partial charge is 0.306 e. The second-order valence-electron chi connectivity index (χ2n) is 18.2. The van der Waals surface area contributed by atoms with E-state index in [9.17, 15) is 19.2 Å². The Bertz CT molecular complexity index is 1030. The summed E-state index contributed by atoms with van der Waals surface area (Å²) in [5.74, 6) is -1.42. The summed E-state index contributed by atoms with van der Waals surface area (Å²) in [6.45, 7) is 8.29. The normalized spacial score (nSPS) is 12.7. The maximum absolute atomic E-state index is 12.9. The van der Waals surface area contributed by atoms with Gasteiger partial charge in [0.05, 0.1) is 0 Å². The Morgan fingerprint density at radius 1 is 0.426 bits per heavy atom. The Kier molecular flexibility index (Phi) is 43.4. The van der Waals surface area contributed by atoms with Crippen LogP contribution in [0.15, 0.2) is 24.3 Å². The molecule has 0 amide bonds. The molecule has 0 aromatic carbocycles. The second kappa shape index (κ2) is 45.4. The number of aliphatic carboxylic acids is 1. The van der Waals surface area contributed by atoms with Crippen molar-refractivity contribution in [3.8, 4) is 0 Å². The summed E-state index contributed by atoms with van der Waals surface area (Å²) in [6.07, 6.45) is 46.5. The summed E-state index contributed by atoms with van der Waals surface area (Å²) in [6, 6.07) is 0. The van der Waals surface area contributed by atoms with Crippen LogP contribution in [0.2, 0.25) is 0 Å². The Morgan fingerprint density at radius 2 is 0.754 bits per heavy atom. The highest BCUT2D eigenvalue weighted by Gasteiger charge is 2.21. The molecular formula is C53H96O8. The number of unbranched alkanes of at least 4 members (excludes halogenated alkanes) is 25. The first-order valence-corrected chi connectivity index (χ1v) is 25.7. The Hall–Kier alpha value is -2.64. The van der Waals surface area contributed by atoms with E-state index < -0.39 is 12.1 Å². The van der Waals surface area contributed by atoms with Crippen LogP contribution in [0.1, 0.15) is 259 Å². The van der Waals surface area contributed by atoms with Crippen molar-refractivity contribution in [3.05, 3.63) is 24.3 Å².